The van der Waals surface area contributed by atoms with E-state index in [1.165, 1.54) is 25.7 Å². The molecule has 1 aliphatic rings. The van der Waals surface area contributed by atoms with Crippen LogP contribution >= 0.6 is 0 Å². The van der Waals surface area contributed by atoms with E-state index in [-0.39, 0.29) is 5.78 Å². The molecule has 0 spiro atoms. The van der Waals surface area contributed by atoms with E-state index in [2.05, 4.69) is 0 Å². The van der Waals surface area contributed by atoms with Gasteiger partial charge in [0.05, 0.1) is 6.61 Å². The molecule has 0 aromatic carbocycles. The molecule has 1 saturated carbocycles. The van der Waals surface area contributed by atoms with Crippen molar-refractivity contribution < 1.29 is 9.53 Å². The van der Waals surface area contributed by atoms with Crippen LogP contribution in [0.1, 0.15) is 39.0 Å². The third-order valence-corrected chi connectivity index (χ3v) is 2.49. The van der Waals surface area contributed by atoms with Gasteiger partial charge < -0.3 is 4.74 Å². The number of carbonyl (C=O) groups is 1. The van der Waals surface area contributed by atoms with Crippen molar-refractivity contribution in [2.45, 2.75) is 39.0 Å². The highest BCUT2D eigenvalue weighted by Gasteiger charge is 2.16. The summed E-state index contributed by atoms with van der Waals surface area (Å²) in [7, 11) is 0. The molecular weight excluding hydrogens is 152 g/mol. The van der Waals surface area contributed by atoms with Gasteiger partial charge >= 0.3 is 0 Å². The molecule has 2 nitrogen and oxygen atoms in total. The predicted octanol–water partition coefficient (Wildman–Crippen LogP) is 2.17. The van der Waals surface area contributed by atoms with Crippen LogP contribution in [0.3, 0.4) is 0 Å². The standard InChI is InChI=1S/C10H18O2/c1-9(11)5-7-12-8-6-10-3-2-4-10/h10H,2-8H2,1H3. The number of carbonyl (C=O) groups excluding carboxylic acids is 1. The first-order valence-corrected chi connectivity index (χ1v) is 4.86. The van der Waals surface area contributed by atoms with Gasteiger partial charge in [-0.3, -0.25) is 4.79 Å². The van der Waals surface area contributed by atoms with Crippen LogP contribution in [-0.2, 0) is 9.53 Å². The largest absolute Gasteiger partial charge is 0.381 e. The van der Waals surface area contributed by atoms with Crippen molar-refractivity contribution in [3.8, 4) is 0 Å². The number of ether oxygens (including phenoxy) is 1. The molecular formula is C10H18O2. The first kappa shape index (κ1) is 9.72. The van der Waals surface area contributed by atoms with E-state index in [0.29, 0.717) is 13.0 Å². The molecule has 0 N–H and O–H groups in total. The van der Waals surface area contributed by atoms with Crippen molar-refractivity contribution in [1.82, 2.24) is 0 Å². The minimum Gasteiger partial charge on any atom is -0.381 e. The number of Topliss-reactive ketones (excluding diaryl/α,β-unsaturated/α-hetero) is 1. The van der Waals surface area contributed by atoms with Gasteiger partial charge in [0.1, 0.15) is 5.78 Å². The lowest BCUT2D eigenvalue weighted by Crippen LogP contribution is -2.14. The maximum atomic E-state index is 10.5. The zero-order valence-corrected chi connectivity index (χ0v) is 7.84. The van der Waals surface area contributed by atoms with E-state index in [1.54, 1.807) is 6.92 Å². The van der Waals surface area contributed by atoms with Gasteiger partial charge in [0, 0.05) is 13.0 Å². The second-order valence-electron chi connectivity index (χ2n) is 3.65. The van der Waals surface area contributed by atoms with Crippen molar-refractivity contribution in [2.24, 2.45) is 5.92 Å². The van der Waals surface area contributed by atoms with Gasteiger partial charge in [0.15, 0.2) is 0 Å². The number of hydrogen-bond donors (Lipinski definition) is 0. The minimum atomic E-state index is 0.221. The minimum absolute atomic E-state index is 0.221. The Morgan fingerprint density at radius 1 is 1.42 bits per heavy atom. The quantitative estimate of drug-likeness (QED) is 0.571. The van der Waals surface area contributed by atoms with Gasteiger partial charge in [-0.15, -0.1) is 0 Å². The van der Waals surface area contributed by atoms with Crippen molar-refractivity contribution in [2.75, 3.05) is 13.2 Å². The molecule has 0 saturated heterocycles. The van der Waals surface area contributed by atoms with Crippen LogP contribution in [0.4, 0.5) is 0 Å². The third kappa shape index (κ3) is 3.86. The number of rotatable bonds is 6. The van der Waals surface area contributed by atoms with Crippen LogP contribution in [0.5, 0.6) is 0 Å². The lowest BCUT2D eigenvalue weighted by atomic mass is 9.83. The topological polar surface area (TPSA) is 26.3 Å². The molecule has 0 atom stereocenters. The number of ketones is 1. The summed E-state index contributed by atoms with van der Waals surface area (Å²) in [6, 6.07) is 0. The van der Waals surface area contributed by atoms with Crippen molar-refractivity contribution in [3.05, 3.63) is 0 Å². The maximum Gasteiger partial charge on any atom is 0.132 e. The molecule has 0 aliphatic heterocycles. The van der Waals surface area contributed by atoms with E-state index in [9.17, 15) is 4.79 Å². The molecule has 1 rings (SSSR count). The van der Waals surface area contributed by atoms with Gasteiger partial charge in [-0.25, -0.2) is 0 Å². The smallest absolute Gasteiger partial charge is 0.132 e. The Kier molecular flexibility index (Phi) is 4.30. The highest BCUT2D eigenvalue weighted by Crippen LogP contribution is 2.28. The Morgan fingerprint density at radius 3 is 2.67 bits per heavy atom. The second-order valence-corrected chi connectivity index (χ2v) is 3.65. The highest BCUT2D eigenvalue weighted by atomic mass is 16.5. The van der Waals surface area contributed by atoms with Crippen LogP contribution < -0.4 is 0 Å². The lowest BCUT2D eigenvalue weighted by molar-refractivity contribution is -0.118. The van der Waals surface area contributed by atoms with Crippen molar-refractivity contribution >= 4 is 5.78 Å². The average molecular weight is 170 g/mol. The Balaban J connectivity index is 1.79. The first-order chi connectivity index (χ1) is 5.79. The summed E-state index contributed by atoms with van der Waals surface area (Å²) >= 11 is 0. The first-order valence-electron chi connectivity index (χ1n) is 4.86. The molecule has 1 fully saturated rings. The summed E-state index contributed by atoms with van der Waals surface area (Å²) < 4.78 is 5.33. The summed E-state index contributed by atoms with van der Waals surface area (Å²) in [5.74, 6) is 1.14. The molecule has 70 valence electrons. The van der Waals surface area contributed by atoms with E-state index in [4.69, 9.17) is 4.74 Å². The molecule has 0 aromatic heterocycles. The SMILES string of the molecule is CC(=O)CCOCCC1CCC1. The van der Waals surface area contributed by atoms with E-state index in [1.807, 2.05) is 0 Å². The van der Waals surface area contributed by atoms with Crippen LogP contribution in [0.25, 0.3) is 0 Å². The molecule has 12 heavy (non-hydrogen) atoms. The fourth-order valence-corrected chi connectivity index (χ4v) is 1.35. The summed E-state index contributed by atoms with van der Waals surface area (Å²) in [4.78, 5) is 10.5. The highest BCUT2D eigenvalue weighted by molar-refractivity contribution is 5.75. The monoisotopic (exact) mass is 170 g/mol. The molecule has 0 unspecified atom stereocenters. The normalized spacial score (nSPS) is 17.4. The fraction of sp³-hybridized carbons (Fsp3) is 0.900. The van der Waals surface area contributed by atoms with Gasteiger partial charge in [0.25, 0.3) is 0 Å². The third-order valence-electron chi connectivity index (χ3n) is 2.49. The van der Waals surface area contributed by atoms with Gasteiger partial charge in [-0.05, 0) is 19.3 Å². The molecule has 1 aliphatic carbocycles. The predicted molar refractivity (Wildman–Crippen MR) is 48.1 cm³/mol. The van der Waals surface area contributed by atoms with Crippen LogP contribution in [0.2, 0.25) is 0 Å². The van der Waals surface area contributed by atoms with Gasteiger partial charge in [-0.2, -0.15) is 0 Å². The Hall–Kier alpha value is -0.370. The van der Waals surface area contributed by atoms with E-state index in [0.717, 1.165) is 12.5 Å². The molecule has 2 heteroatoms. The molecule has 0 aromatic rings. The van der Waals surface area contributed by atoms with Gasteiger partial charge in [0.2, 0.25) is 0 Å². The summed E-state index contributed by atoms with van der Waals surface area (Å²) in [6.07, 6.45) is 5.94. The molecule has 0 radical (unpaired) electrons. The lowest BCUT2D eigenvalue weighted by Gasteiger charge is -2.24. The van der Waals surface area contributed by atoms with Crippen molar-refractivity contribution in [1.29, 1.82) is 0 Å². The summed E-state index contributed by atoms with van der Waals surface area (Å²) in [5.41, 5.74) is 0. The Bertz CT molecular complexity index is 139. The number of hydrogen-bond acceptors (Lipinski definition) is 2. The molecule has 0 bridgehead atoms. The molecule has 0 amide bonds. The maximum absolute atomic E-state index is 10.5. The average Bonchev–Trinajstić information content (AvgIpc) is 1.92. The second kappa shape index (κ2) is 5.31. The van der Waals surface area contributed by atoms with Crippen molar-refractivity contribution in [3.63, 3.8) is 0 Å². The van der Waals surface area contributed by atoms with Crippen LogP contribution in [0.15, 0.2) is 0 Å². The van der Waals surface area contributed by atoms with Gasteiger partial charge in [-0.1, -0.05) is 19.3 Å². The summed E-state index contributed by atoms with van der Waals surface area (Å²) in [6.45, 7) is 3.06. The Labute approximate surface area is 74.3 Å². The zero-order chi connectivity index (χ0) is 8.81. The van der Waals surface area contributed by atoms with Crippen LogP contribution in [-0.4, -0.2) is 19.0 Å². The summed E-state index contributed by atoms with van der Waals surface area (Å²) in [5, 5.41) is 0. The van der Waals surface area contributed by atoms with E-state index < -0.39 is 0 Å². The Morgan fingerprint density at radius 2 is 2.17 bits per heavy atom. The molecule has 0 heterocycles. The van der Waals surface area contributed by atoms with Crippen LogP contribution in [0, 0.1) is 5.92 Å². The fourth-order valence-electron chi connectivity index (χ4n) is 1.35. The van der Waals surface area contributed by atoms with E-state index >= 15 is 0 Å². The zero-order valence-electron chi connectivity index (χ0n) is 7.84.